The molecule has 17 heavy (non-hydrogen) atoms. The largest absolute Gasteiger partial charge is 0.467 e. The van der Waals surface area contributed by atoms with Gasteiger partial charge in [-0.15, -0.1) is 0 Å². The van der Waals surface area contributed by atoms with E-state index in [4.69, 9.17) is 10.2 Å². The molecule has 0 radical (unpaired) electrons. The van der Waals surface area contributed by atoms with Gasteiger partial charge in [0.15, 0.2) is 0 Å². The average molecular weight is 231 g/mol. The van der Waals surface area contributed by atoms with Crippen molar-refractivity contribution in [3.8, 4) is 0 Å². The van der Waals surface area contributed by atoms with Gasteiger partial charge in [0, 0.05) is 13.1 Å². The third-order valence-electron chi connectivity index (χ3n) is 2.65. The van der Waals surface area contributed by atoms with Crippen LogP contribution in [0.3, 0.4) is 0 Å². The average Bonchev–Trinajstić information content (AvgIpc) is 2.82. The summed E-state index contributed by atoms with van der Waals surface area (Å²) in [5, 5.41) is 0. The van der Waals surface area contributed by atoms with Crippen LogP contribution in [0.25, 0.3) is 0 Å². The second-order valence-corrected chi connectivity index (χ2v) is 4.17. The van der Waals surface area contributed by atoms with Crippen LogP contribution in [0.5, 0.6) is 0 Å². The van der Waals surface area contributed by atoms with Crippen LogP contribution >= 0.6 is 0 Å². The van der Waals surface area contributed by atoms with Gasteiger partial charge in [0.2, 0.25) is 0 Å². The van der Waals surface area contributed by atoms with Gasteiger partial charge < -0.3 is 15.1 Å². The molecule has 0 aliphatic carbocycles. The normalized spacial score (nSPS) is 12.4. The lowest BCUT2D eigenvalue weighted by Gasteiger charge is -2.18. The SMILES string of the molecule is C[C@@H](N)c1ccc(N(C)Cc2ccco2)cn1. The van der Waals surface area contributed by atoms with Crippen molar-refractivity contribution in [2.75, 3.05) is 11.9 Å². The first kappa shape index (κ1) is 11.7. The van der Waals surface area contributed by atoms with Crippen LogP contribution in [-0.2, 0) is 6.54 Å². The van der Waals surface area contributed by atoms with Gasteiger partial charge >= 0.3 is 0 Å². The van der Waals surface area contributed by atoms with Crippen molar-refractivity contribution in [2.24, 2.45) is 5.73 Å². The standard InChI is InChI=1S/C13H17N3O/c1-10(14)13-6-5-11(8-15-13)16(2)9-12-4-3-7-17-12/h3-8,10H,9,14H2,1-2H3/t10-/m1/s1. The van der Waals surface area contributed by atoms with Crippen molar-refractivity contribution in [1.29, 1.82) is 0 Å². The fourth-order valence-electron chi connectivity index (χ4n) is 1.62. The van der Waals surface area contributed by atoms with Gasteiger partial charge in [0.25, 0.3) is 0 Å². The van der Waals surface area contributed by atoms with E-state index in [9.17, 15) is 0 Å². The molecule has 90 valence electrons. The van der Waals surface area contributed by atoms with Crippen molar-refractivity contribution in [2.45, 2.75) is 19.5 Å². The van der Waals surface area contributed by atoms with E-state index >= 15 is 0 Å². The predicted molar refractivity (Wildman–Crippen MR) is 67.7 cm³/mol. The first-order chi connectivity index (χ1) is 8.16. The molecule has 2 N–H and O–H groups in total. The van der Waals surface area contributed by atoms with Crippen molar-refractivity contribution < 1.29 is 4.42 Å². The zero-order valence-corrected chi connectivity index (χ0v) is 10.1. The maximum atomic E-state index is 5.76. The van der Waals surface area contributed by atoms with Gasteiger partial charge in [-0.25, -0.2) is 0 Å². The maximum Gasteiger partial charge on any atom is 0.123 e. The van der Waals surface area contributed by atoms with Crippen molar-refractivity contribution in [3.63, 3.8) is 0 Å². The molecular weight excluding hydrogens is 214 g/mol. The fourth-order valence-corrected chi connectivity index (χ4v) is 1.62. The molecule has 2 heterocycles. The molecule has 0 aliphatic heterocycles. The Bertz CT molecular complexity index is 448. The zero-order chi connectivity index (χ0) is 12.3. The summed E-state index contributed by atoms with van der Waals surface area (Å²) < 4.78 is 5.31. The Balaban J connectivity index is 2.06. The molecule has 0 unspecified atom stereocenters. The van der Waals surface area contributed by atoms with Gasteiger partial charge in [-0.3, -0.25) is 4.98 Å². The minimum absolute atomic E-state index is 0.0283. The molecule has 2 aromatic heterocycles. The fraction of sp³-hybridized carbons (Fsp3) is 0.308. The van der Waals surface area contributed by atoms with Gasteiger partial charge in [0.05, 0.1) is 30.4 Å². The molecule has 0 saturated heterocycles. The van der Waals surface area contributed by atoms with E-state index in [0.29, 0.717) is 0 Å². The number of anilines is 1. The number of rotatable bonds is 4. The Morgan fingerprint density at radius 1 is 1.41 bits per heavy atom. The van der Waals surface area contributed by atoms with Crippen LogP contribution in [-0.4, -0.2) is 12.0 Å². The Hall–Kier alpha value is -1.81. The molecule has 0 bridgehead atoms. The van der Waals surface area contributed by atoms with E-state index in [1.54, 1.807) is 6.26 Å². The Kier molecular flexibility index (Phi) is 3.44. The number of hydrogen-bond donors (Lipinski definition) is 1. The lowest BCUT2D eigenvalue weighted by molar-refractivity contribution is 0.507. The molecule has 2 rings (SSSR count). The number of nitrogens with zero attached hydrogens (tertiary/aromatic N) is 2. The molecule has 4 nitrogen and oxygen atoms in total. The second kappa shape index (κ2) is 5.01. The molecule has 0 spiro atoms. The van der Waals surface area contributed by atoms with Crippen LogP contribution in [0.2, 0.25) is 0 Å². The smallest absolute Gasteiger partial charge is 0.123 e. The summed E-state index contributed by atoms with van der Waals surface area (Å²) in [6, 6.07) is 7.80. The van der Waals surface area contributed by atoms with E-state index in [1.807, 2.05) is 44.4 Å². The third-order valence-corrected chi connectivity index (χ3v) is 2.65. The molecule has 4 heteroatoms. The monoisotopic (exact) mass is 231 g/mol. The second-order valence-electron chi connectivity index (χ2n) is 4.17. The van der Waals surface area contributed by atoms with Crippen LogP contribution < -0.4 is 10.6 Å². The van der Waals surface area contributed by atoms with Gasteiger partial charge in [-0.1, -0.05) is 0 Å². The molecule has 0 fully saturated rings. The summed E-state index contributed by atoms with van der Waals surface area (Å²) >= 11 is 0. The predicted octanol–water partition coefficient (Wildman–Crippen LogP) is 2.33. The lowest BCUT2D eigenvalue weighted by Crippen LogP contribution is -2.16. The van der Waals surface area contributed by atoms with Gasteiger partial charge in [-0.2, -0.15) is 0 Å². The van der Waals surface area contributed by atoms with Crippen molar-refractivity contribution in [3.05, 3.63) is 48.2 Å². The van der Waals surface area contributed by atoms with Crippen LogP contribution in [0.15, 0.2) is 41.1 Å². The molecule has 0 saturated carbocycles. The number of furan rings is 1. The highest BCUT2D eigenvalue weighted by molar-refractivity contribution is 5.44. The zero-order valence-electron chi connectivity index (χ0n) is 10.1. The summed E-state index contributed by atoms with van der Waals surface area (Å²) in [6.45, 7) is 2.65. The van der Waals surface area contributed by atoms with Gasteiger partial charge in [0.1, 0.15) is 5.76 Å². The van der Waals surface area contributed by atoms with E-state index in [2.05, 4.69) is 9.88 Å². The Labute approximate surface area is 101 Å². The number of aromatic nitrogens is 1. The van der Waals surface area contributed by atoms with E-state index in [0.717, 1.165) is 23.7 Å². The summed E-state index contributed by atoms with van der Waals surface area (Å²) in [5.41, 5.74) is 7.71. The Morgan fingerprint density at radius 2 is 2.24 bits per heavy atom. The van der Waals surface area contributed by atoms with Gasteiger partial charge in [-0.05, 0) is 31.2 Å². The highest BCUT2D eigenvalue weighted by atomic mass is 16.3. The van der Waals surface area contributed by atoms with Crippen LogP contribution in [0, 0.1) is 0 Å². The third kappa shape index (κ3) is 2.85. The molecule has 0 aromatic carbocycles. The first-order valence-corrected chi connectivity index (χ1v) is 5.62. The molecule has 1 atom stereocenters. The molecule has 2 aromatic rings. The number of nitrogens with two attached hydrogens (primary N) is 1. The van der Waals surface area contributed by atoms with Crippen molar-refractivity contribution in [1.82, 2.24) is 4.98 Å². The maximum absolute atomic E-state index is 5.76. The van der Waals surface area contributed by atoms with Crippen LogP contribution in [0.4, 0.5) is 5.69 Å². The molecule has 0 aliphatic rings. The highest BCUT2D eigenvalue weighted by Gasteiger charge is 2.06. The Morgan fingerprint density at radius 3 is 2.76 bits per heavy atom. The minimum atomic E-state index is -0.0283. The number of hydrogen-bond acceptors (Lipinski definition) is 4. The topological polar surface area (TPSA) is 55.3 Å². The summed E-state index contributed by atoms with van der Waals surface area (Å²) in [4.78, 5) is 6.41. The minimum Gasteiger partial charge on any atom is -0.467 e. The van der Waals surface area contributed by atoms with Crippen LogP contribution in [0.1, 0.15) is 24.4 Å². The van der Waals surface area contributed by atoms with Crippen molar-refractivity contribution >= 4 is 5.69 Å². The summed E-state index contributed by atoms with van der Waals surface area (Å²) in [7, 11) is 2.01. The van der Waals surface area contributed by atoms with E-state index in [-0.39, 0.29) is 6.04 Å². The highest BCUT2D eigenvalue weighted by Crippen LogP contribution is 2.16. The van der Waals surface area contributed by atoms with E-state index < -0.39 is 0 Å². The quantitative estimate of drug-likeness (QED) is 0.877. The number of pyridine rings is 1. The molecule has 0 amide bonds. The summed E-state index contributed by atoms with van der Waals surface area (Å²) in [6.07, 6.45) is 3.52. The molecular formula is C13H17N3O. The van der Waals surface area contributed by atoms with E-state index in [1.165, 1.54) is 0 Å². The summed E-state index contributed by atoms with van der Waals surface area (Å²) in [5.74, 6) is 0.934. The lowest BCUT2D eigenvalue weighted by atomic mass is 10.2. The first-order valence-electron chi connectivity index (χ1n) is 5.62.